The third-order valence-corrected chi connectivity index (χ3v) is 7.36. The molecule has 1 aromatic carbocycles. The molecule has 0 spiro atoms. The standard InChI is InChI=1S/C22H15Cl2F7N4S/c1-10(34-13-2-3-13)14-6-17(36-18(14)7-32)11-8-33-35(9-11)19-15(23)4-12(5-16(19)24)20(25,21(26,27)28)22(29,30)31/h4-6,8-10,13,34H,2-3H2,1H3. The Morgan fingerprint density at radius 1 is 1.08 bits per heavy atom. The van der Waals surface area contributed by atoms with Gasteiger partial charge in [-0.2, -0.15) is 36.7 Å². The van der Waals surface area contributed by atoms with Crippen LogP contribution in [0, 0.1) is 11.3 Å². The van der Waals surface area contributed by atoms with Gasteiger partial charge in [-0.1, -0.05) is 23.2 Å². The van der Waals surface area contributed by atoms with Gasteiger partial charge in [0.25, 0.3) is 0 Å². The molecule has 2 heterocycles. The molecule has 1 atom stereocenters. The zero-order chi connectivity index (χ0) is 26.6. The van der Waals surface area contributed by atoms with Gasteiger partial charge in [0.05, 0.1) is 16.2 Å². The van der Waals surface area contributed by atoms with Crippen LogP contribution in [0.2, 0.25) is 10.0 Å². The predicted octanol–water partition coefficient (Wildman–Crippen LogP) is 7.88. The van der Waals surface area contributed by atoms with E-state index in [1.807, 2.05) is 6.92 Å². The second-order valence-corrected chi connectivity index (χ2v) is 10.2. The van der Waals surface area contributed by atoms with E-state index in [-0.39, 0.29) is 23.9 Å². The molecule has 0 aliphatic heterocycles. The molecular formula is C22H15Cl2F7N4S. The molecule has 1 fully saturated rings. The Balaban J connectivity index is 1.71. The zero-order valence-electron chi connectivity index (χ0n) is 18.1. The van der Waals surface area contributed by atoms with Crippen molar-refractivity contribution in [1.82, 2.24) is 15.1 Å². The van der Waals surface area contributed by atoms with E-state index < -0.39 is 33.6 Å². The summed E-state index contributed by atoms with van der Waals surface area (Å²) in [7, 11) is 0. The maximum atomic E-state index is 14.5. The van der Waals surface area contributed by atoms with E-state index in [4.69, 9.17) is 23.2 Å². The van der Waals surface area contributed by atoms with E-state index in [0.29, 0.717) is 21.4 Å². The number of benzene rings is 1. The van der Waals surface area contributed by atoms with Crippen molar-refractivity contribution in [2.45, 2.75) is 49.9 Å². The number of thiophene rings is 1. The van der Waals surface area contributed by atoms with Crippen molar-refractivity contribution < 1.29 is 30.7 Å². The van der Waals surface area contributed by atoms with Gasteiger partial charge in [0.15, 0.2) is 0 Å². The first-order valence-electron chi connectivity index (χ1n) is 10.3. The van der Waals surface area contributed by atoms with Crippen LogP contribution in [0.1, 0.15) is 41.8 Å². The first-order valence-corrected chi connectivity index (χ1v) is 11.9. The summed E-state index contributed by atoms with van der Waals surface area (Å²) in [6.45, 7) is 1.93. The molecule has 36 heavy (non-hydrogen) atoms. The minimum atomic E-state index is -6.31. The van der Waals surface area contributed by atoms with Crippen LogP contribution in [0.15, 0.2) is 30.6 Å². The monoisotopic (exact) mass is 570 g/mol. The van der Waals surface area contributed by atoms with Gasteiger partial charge in [-0.25, -0.2) is 9.07 Å². The fourth-order valence-corrected chi connectivity index (χ4v) is 5.38. The van der Waals surface area contributed by atoms with Gasteiger partial charge in [-0.15, -0.1) is 11.3 Å². The first-order chi connectivity index (χ1) is 16.7. The van der Waals surface area contributed by atoms with E-state index in [1.54, 1.807) is 6.07 Å². The number of rotatable bonds is 6. The maximum Gasteiger partial charge on any atom is 0.435 e. The van der Waals surface area contributed by atoms with Gasteiger partial charge in [-0.3, -0.25) is 0 Å². The van der Waals surface area contributed by atoms with Crippen LogP contribution in [0.25, 0.3) is 16.1 Å². The molecule has 3 aromatic rings. The van der Waals surface area contributed by atoms with Crippen molar-refractivity contribution in [1.29, 1.82) is 5.26 Å². The second-order valence-electron chi connectivity index (χ2n) is 8.29. The van der Waals surface area contributed by atoms with Gasteiger partial charge in [-0.05, 0) is 43.5 Å². The maximum absolute atomic E-state index is 14.5. The molecule has 14 heteroatoms. The molecule has 0 saturated heterocycles. The summed E-state index contributed by atoms with van der Waals surface area (Å²) >= 11 is 13.2. The molecule has 192 valence electrons. The largest absolute Gasteiger partial charge is 0.435 e. The van der Waals surface area contributed by atoms with E-state index >= 15 is 0 Å². The third-order valence-electron chi connectivity index (χ3n) is 5.68. The van der Waals surface area contributed by atoms with E-state index in [0.717, 1.165) is 23.1 Å². The Labute approximate surface area is 214 Å². The van der Waals surface area contributed by atoms with E-state index in [2.05, 4.69) is 16.5 Å². The summed E-state index contributed by atoms with van der Waals surface area (Å²) < 4.78 is 94.3. The summed E-state index contributed by atoms with van der Waals surface area (Å²) in [5.74, 6) is 0. The number of nitrogens with one attached hydrogen (secondary N) is 1. The predicted molar refractivity (Wildman–Crippen MR) is 121 cm³/mol. The first kappa shape index (κ1) is 26.7. The highest BCUT2D eigenvalue weighted by atomic mass is 35.5. The molecule has 0 bridgehead atoms. The van der Waals surface area contributed by atoms with Gasteiger partial charge < -0.3 is 5.32 Å². The topological polar surface area (TPSA) is 53.6 Å². The number of hydrogen-bond acceptors (Lipinski definition) is 4. The van der Waals surface area contributed by atoms with Crippen molar-refractivity contribution in [3.05, 3.63) is 56.6 Å². The number of aromatic nitrogens is 2. The lowest BCUT2D eigenvalue weighted by Gasteiger charge is -2.30. The molecule has 2 aromatic heterocycles. The van der Waals surface area contributed by atoms with Crippen LogP contribution in [0.3, 0.4) is 0 Å². The average molecular weight is 571 g/mol. The summed E-state index contributed by atoms with van der Waals surface area (Å²) in [6.07, 6.45) is -7.71. The molecule has 1 saturated carbocycles. The number of alkyl halides is 7. The van der Waals surface area contributed by atoms with E-state index in [1.165, 1.54) is 23.7 Å². The van der Waals surface area contributed by atoms with Gasteiger partial charge in [0.1, 0.15) is 16.6 Å². The zero-order valence-corrected chi connectivity index (χ0v) is 20.4. The van der Waals surface area contributed by atoms with Crippen LogP contribution in [0.5, 0.6) is 0 Å². The summed E-state index contributed by atoms with van der Waals surface area (Å²) in [5.41, 5.74) is -6.42. The summed E-state index contributed by atoms with van der Waals surface area (Å²) in [4.78, 5) is 1.13. The third kappa shape index (κ3) is 4.69. The highest BCUT2D eigenvalue weighted by Gasteiger charge is 2.73. The van der Waals surface area contributed by atoms with Crippen molar-refractivity contribution in [3.63, 3.8) is 0 Å². The lowest BCUT2D eigenvalue weighted by molar-refractivity contribution is -0.348. The molecular weight excluding hydrogens is 556 g/mol. The average Bonchev–Trinajstić information content (AvgIpc) is 3.27. The van der Waals surface area contributed by atoms with Crippen molar-refractivity contribution >= 4 is 34.5 Å². The molecule has 4 rings (SSSR count). The van der Waals surface area contributed by atoms with Crippen LogP contribution in [0.4, 0.5) is 30.7 Å². The fraction of sp³-hybridized carbons (Fsp3) is 0.364. The lowest BCUT2D eigenvalue weighted by atomic mass is 9.94. The Hall–Kier alpha value is -2.33. The van der Waals surface area contributed by atoms with Crippen LogP contribution in [-0.2, 0) is 5.67 Å². The molecule has 0 radical (unpaired) electrons. The van der Waals surface area contributed by atoms with Crippen molar-refractivity contribution in [2.75, 3.05) is 0 Å². The highest BCUT2D eigenvalue weighted by molar-refractivity contribution is 7.16. The number of nitriles is 1. The van der Waals surface area contributed by atoms with Crippen molar-refractivity contribution in [2.24, 2.45) is 0 Å². The second kappa shape index (κ2) is 9.20. The number of hydrogen-bond donors (Lipinski definition) is 1. The smallest absolute Gasteiger partial charge is 0.307 e. The van der Waals surface area contributed by atoms with E-state index in [9.17, 15) is 36.0 Å². The molecule has 4 nitrogen and oxygen atoms in total. The minimum absolute atomic E-state index is 0.0770. The lowest BCUT2D eigenvalue weighted by Crippen LogP contribution is -2.50. The Kier molecular flexibility index (Phi) is 6.83. The molecule has 1 aliphatic rings. The SMILES string of the molecule is CC(NC1CC1)c1cc(-c2cnn(-c3c(Cl)cc(C(F)(C(F)(F)F)C(F)(F)F)cc3Cl)c2)sc1C#N. The number of nitrogens with zero attached hydrogens (tertiary/aromatic N) is 3. The van der Waals surface area contributed by atoms with Gasteiger partial charge in [0, 0.05) is 34.3 Å². The molecule has 1 aliphatic carbocycles. The molecule has 0 amide bonds. The normalized spacial score (nSPS) is 15.7. The molecule has 1 N–H and O–H groups in total. The molecule has 1 unspecified atom stereocenters. The minimum Gasteiger partial charge on any atom is -0.307 e. The van der Waals surface area contributed by atoms with Crippen molar-refractivity contribution in [3.8, 4) is 22.2 Å². The fourth-order valence-electron chi connectivity index (χ4n) is 3.69. The van der Waals surface area contributed by atoms with Gasteiger partial charge >= 0.3 is 18.0 Å². The Morgan fingerprint density at radius 3 is 2.17 bits per heavy atom. The van der Waals surface area contributed by atoms with Crippen LogP contribution >= 0.6 is 34.5 Å². The number of halogens is 9. The van der Waals surface area contributed by atoms with Crippen LogP contribution in [-0.4, -0.2) is 28.2 Å². The summed E-state index contributed by atoms with van der Waals surface area (Å²) in [6, 6.07) is 4.75. The van der Waals surface area contributed by atoms with Crippen LogP contribution < -0.4 is 5.32 Å². The Bertz CT molecular complexity index is 1300. The highest BCUT2D eigenvalue weighted by Crippen LogP contribution is 2.54. The summed E-state index contributed by atoms with van der Waals surface area (Å²) in [5, 5.41) is 15.6. The van der Waals surface area contributed by atoms with Gasteiger partial charge in [0.2, 0.25) is 0 Å². The quantitative estimate of drug-likeness (QED) is 0.307. The Morgan fingerprint density at radius 2 is 1.67 bits per heavy atom.